The molecule has 0 atom stereocenters. The fourth-order valence-electron chi connectivity index (χ4n) is 1.88. The van der Waals surface area contributed by atoms with Crippen molar-refractivity contribution in [3.8, 4) is 0 Å². The van der Waals surface area contributed by atoms with E-state index in [2.05, 4.69) is 23.6 Å². The highest BCUT2D eigenvalue weighted by Gasteiger charge is 2.30. The van der Waals surface area contributed by atoms with Gasteiger partial charge in [-0.2, -0.15) is 5.10 Å². The average molecular weight is 165 g/mol. The first kappa shape index (κ1) is 7.80. The Morgan fingerprint density at radius 3 is 3.08 bits per heavy atom. The largest absolute Gasteiger partial charge is 0.326 e. The van der Waals surface area contributed by atoms with E-state index in [-0.39, 0.29) is 0 Å². The zero-order valence-electron chi connectivity index (χ0n) is 7.67. The summed E-state index contributed by atoms with van der Waals surface area (Å²) in [5.74, 6) is 0. The van der Waals surface area contributed by atoms with Crippen molar-refractivity contribution in [1.29, 1.82) is 0 Å². The third-order valence-corrected chi connectivity index (χ3v) is 2.48. The molecule has 0 spiro atoms. The van der Waals surface area contributed by atoms with Crippen molar-refractivity contribution in [1.82, 2.24) is 9.78 Å². The van der Waals surface area contributed by atoms with Crippen molar-refractivity contribution in [3.05, 3.63) is 17.5 Å². The Kier molecular flexibility index (Phi) is 1.51. The Balaban J connectivity index is 2.37. The fourth-order valence-corrected chi connectivity index (χ4v) is 1.88. The quantitative estimate of drug-likeness (QED) is 0.672. The van der Waals surface area contributed by atoms with Crippen molar-refractivity contribution in [2.24, 2.45) is 11.1 Å². The van der Waals surface area contributed by atoms with Crippen LogP contribution in [0, 0.1) is 5.41 Å². The summed E-state index contributed by atoms with van der Waals surface area (Å²) in [5, 5.41) is 4.30. The molecule has 12 heavy (non-hydrogen) atoms. The van der Waals surface area contributed by atoms with Crippen molar-refractivity contribution in [2.75, 3.05) is 0 Å². The Bertz CT molecular complexity index is 299. The first-order valence-corrected chi connectivity index (χ1v) is 4.36. The van der Waals surface area contributed by atoms with E-state index in [4.69, 9.17) is 5.73 Å². The first-order valence-electron chi connectivity index (χ1n) is 4.36. The van der Waals surface area contributed by atoms with Gasteiger partial charge in [0.1, 0.15) is 0 Å². The molecule has 0 fully saturated rings. The van der Waals surface area contributed by atoms with Crippen LogP contribution in [0.15, 0.2) is 6.20 Å². The maximum Gasteiger partial charge on any atom is 0.0537 e. The van der Waals surface area contributed by atoms with E-state index in [1.165, 1.54) is 11.3 Å². The molecule has 0 saturated heterocycles. The van der Waals surface area contributed by atoms with E-state index in [0.29, 0.717) is 12.0 Å². The second kappa shape index (κ2) is 2.33. The molecule has 0 radical (unpaired) electrons. The van der Waals surface area contributed by atoms with Gasteiger partial charge in [0.15, 0.2) is 0 Å². The number of nitrogens with zero attached hydrogens (tertiary/aromatic N) is 2. The summed E-state index contributed by atoms with van der Waals surface area (Å²) in [5.41, 5.74) is 8.52. The third-order valence-electron chi connectivity index (χ3n) is 2.48. The molecule has 0 unspecified atom stereocenters. The lowest BCUT2D eigenvalue weighted by atomic mass is 9.90. The molecule has 66 valence electrons. The van der Waals surface area contributed by atoms with Crippen molar-refractivity contribution in [3.63, 3.8) is 0 Å². The van der Waals surface area contributed by atoms with E-state index in [1.807, 2.05) is 6.20 Å². The molecule has 0 bridgehead atoms. The minimum absolute atomic E-state index is 0.369. The Labute approximate surface area is 72.6 Å². The Hall–Kier alpha value is -0.830. The fraction of sp³-hybridized carbons (Fsp3) is 0.667. The van der Waals surface area contributed by atoms with Crippen LogP contribution in [0.2, 0.25) is 0 Å². The summed E-state index contributed by atoms with van der Waals surface area (Å²) < 4.78 is 2.09. The van der Waals surface area contributed by atoms with Crippen LogP contribution in [0.4, 0.5) is 0 Å². The van der Waals surface area contributed by atoms with Gasteiger partial charge in [-0.1, -0.05) is 13.8 Å². The number of fused-ring (bicyclic) bond motifs is 1. The van der Waals surface area contributed by atoms with Gasteiger partial charge in [-0.25, -0.2) is 0 Å². The van der Waals surface area contributed by atoms with E-state index >= 15 is 0 Å². The minimum Gasteiger partial charge on any atom is -0.326 e. The molecular formula is C9H15N3. The smallest absolute Gasteiger partial charge is 0.0537 e. The summed E-state index contributed by atoms with van der Waals surface area (Å²) >= 11 is 0. The van der Waals surface area contributed by atoms with Gasteiger partial charge in [-0.3, -0.25) is 4.68 Å². The summed E-state index contributed by atoms with van der Waals surface area (Å²) in [7, 11) is 0. The van der Waals surface area contributed by atoms with Crippen LogP contribution in [0.3, 0.4) is 0 Å². The predicted molar refractivity (Wildman–Crippen MR) is 47.6 cm³/mol. The maximum atomic E-state index is 5.60. The van der Waals surface area contributed by atoms with Gasteiger partial charge in [0.25, 0.3) is 0 Å². The van der Waals surface area contributed by atoms with Crippen LogP contribution in [-0.2, 0) is 19.5 Å². The van der Waals surface area contributed by atoms with Crippen LogP contribution in [0.5, 0.6) is 0 Å². The van der Waals surface area contributed by atoms with Gasteiger partial charge in [-0.05, 0) is 11.8 Å². The van der Waals surface area contributed by atoms with Crippen molar-refractivity contribution >= 4 is 0 Å². The lowest BCUT2D eigenvalue weighted by molar-refractivity contribution is 0.346. The molecule has 1 aromatic heterocycles. The van der Waals surface area contributed by atoms with Crippen LogP contribution in [0.25, 0.3) is 0 Å². The van der Waals surface area contributed by atoms with Crippen molar-refractivity contribution < 1.29 is 0 Å². The van der Waals surface area contributed by atoms with Gasteiger partial charge in [0.05, 0.1) is 6.20 Å². The number of hydrogen-bond acceptors (Lipinski definition) is 2. The molecule has 0 saturated carbocycles. The van der Waals surface area contributed by atoms with Gasteiger partial charge in [0.2, 0.25) is 0 Å². The maximum absolute atomic E-state index is 5.60. The van der Waals surface area contributed by atoms with Gasteiger partial charge in [-0.15, -0.1) is 0 Å². The van der Waals surface area contributed by atoms with Gasteiger partial charge < -0.3 is 5.73 Å². The number of hydrogen-bond donors (Lipinski definition) is 1. The normalized spacial score (nSPS) is 19.6. The first-order chi connectivity index (χ1) is 5.62. The zero-order valence-corrected chi connectivity index (χ0v) is 7.67. The minimum atomic E-state index is 0.369. The number of rotatable bonds is 1. The topological polar surface area (TPSA) is 43.8 Å². The molecule has 1 aliphatic rings. The van der Waals surface area contributed by atoms with E-state index in [1.54, 1.807) is 0 Å². The van der Waals surface area contributed by atoms with Crippen LogP contribution < -0.4 is 5.73 Å². The molecule has 3 heteroatoms. The van der Waals surface area contributed by atoms with E-state index in [9.17, 15) is 0 Å². The standard InChI is InChI=1S/C9H15N3/c1-9(2)3-8-7(4-10)5-11-12(8)6-9/h5H,3-4,6,10H2,1-2H3. The number of nitrogens with two attached hydrogens (primary N) is 1. The van der Waals surface area contributed by atoms with E-state index < -0.39 is 0 Å². The highest BCUT2D eigenvalue weighted by Crippen LogP contribution is 2.32. The zero-order chi connectivity index (χ0) is 8.77. The average Bonchev–Trinajstić information content (AvgIpc) is 2.42. The highest BCUT2D eigenvalue weighted by molar-refractivity contribution is 5.21. The highest BCUT2D eigenvalue weighted by atomic mass is 15.3. The lowest BCUT2D eigenvalue weighted by Gasteiger charge is -2.14. The molecule has 2 rings (SSSR count). The summed E-state index contributed by atoms with van der Waals surface area (Å²) in [6, 6.07) is 0. The summed E-state index contributed by atoms with van der Waals surface area (Å²) in [4.78, 5) is 0. The second-order valence-electron chi connectivity index (χ2n) is 4.32. The molecule has 2 N–H and O–H groups in total. The van der Waals surface area contributed by atoms with Gasteiger partial charge in [0, 0.05) is 24.3 Å². The SMILES string of the molecule is CC1(C)Cc2c(CN)cnn2C1. The molecule has 3 nitrogen and oxygen atoms in total. The molecule has 0 aromatic carbocycles. The number of aromatic nitrogens is 2. The Morgan fingerprint density at radius 2 is 2.42 bits per heavy atom. The van der Waals surface area contributed by atoms with E-state index in [0.717, 1.165) is 13.0 Å². The second-order valence-corrected chi connectivity index (χ2v) is 4.32. The van der Waals surface area contributed by atoms with Gasteiger partial charge >= 0.3 is 0 Å². The predicted octanol–water partition coefficient (Wildman–Crippen LogP) is 0.924. The molecule has 1 aliphatic heterocycles. The van der Waals surface area contributed by atoms with Crippen molar-refractivity contribution in [2.45, 2.75) is 33.4 Å². The molecule has 2 heterocycles. The Morgan fingerprint density at radius 1 is 1.67 bits per heavy atom. The third kappa shape index (κ3) is 1.05. The van der Waals surface area contributed by atoms with Crippen LogP contribution in [0.1, 0.15) is 25.1 Å². The van der Waals surface area contributed by atoms with Crippen LogP contribution in [-0.4, -0.2) is 9.78 Å². The molecule has 0 aliphatic carbocycles. The summed E-state index contributed by atoms with van der Waals surface area (Å²) in [6.45, 7) is 6.18. The monoisotopic (exact) mass is 165 g/mol. The molecule has 1 aromatic rings. The molecule has 0 amide bonds. The summed E-state index contributed by atoms with van der Waals surface area (Å²) in [6.07, 6.45) is 3.00. The van der Waals surface area contributed by atoms with Crippen LogP contribution >= 0.6 is 0 Å². The lowest BCUT2D eigenvalue weighted by Crippen LogP contribution is -2.13. The molecular weight excluding hydrogens is 150 g/mol.